The number of aromatic nitrogens is 3. The first-order valence-electron chi connectivity index (χ1n) is 12.1. The van der Waals surface area contributed by atoms with Crippen molar-refractivity contribution in [3.63, 3.8) is 0 Å². The Hall–Kier alpha value is -4.21. The van der Waals surface area contributed by atoms with Gasteiger partial charge in [0.1, 0.15) is 11.4 Å². The van der Waals surface area contributed by atoms with Crippen LogP contribution in [0.1, 0.15) is 43.0 Å². The molecule has 0 spiro atoms. The van der Waals surface area contributed by atoms with Crippen LogP contribution in [0.3, 0.4) is 0 Å². The highest BCUT2D eigenvalue weighted by molar-refractivity contribution is 6.05. The predicted molar refractivity (Wildman–Crippen MR) is 138 cm³/mol. The SMILES string of the molecule is CC1CN(C2CCCC2)c2nc(Nc3ccc(O)c(NC(=O)c4cccnc4)c3)ncc2N(C)C1=O. The summed E-state index contributed by atoms with van der Waals surface area (Å²) in [6.45, 7) is 2.57. The Morgan fingerprint density at radius 1 is 1.17 bits per heavy atom. The van der Waals surface area contributed by atoms with E-state index in [4.69, 9.17) is 4.98 Å². The van der Waals surface area contributed by atoms with Crippen molar-refractivity contribution >= 4 is 40.6 Å². The Labute approximate surface area is 209 Å². The van der Waals surface area contributed by atoms with E-state index in [1.165, 1.54) is 25.1 Å². The Balaban J connectivity index is 1.42. The van der Waals surface area contributed by atoms with Crippen molar-refractivity contribution in [2.75, 3.05) is 34.0 Å². The smallest absolute Gasteiger partial charge is 0.257 e. The third-order valence-corrected chi connectivity index (χ3v) is 6.80. The molecule has 1 atom stereocenters. The molecule has 1 aliphatic carbocycles. The van der Waals surface area contributed by atoms with Crippen molar-refractivity contribution in [3.05, 3.63) is 54.5 Å². The van der Waals surface area contributed by atoms with Crippen LogP contribution in [0.15, 0.2) is 48.9 Å². The fourth-order valence-corrected chi connectivity index (χ4v) is 4.86. The molecule has 3 heterocycles. The van der Waals surface area contributed by atoms with Crippen molar-refractivity contribution < 1.29 is 14.7 Å². The Morgan fingerprint density at radius 2 is 1.97 bits per heavy atom. The number of nitrogens with zero attached hydrogens (tertiary/aromatic N) is 5. The molecule has 3 aromatic rings. The molecule has 1 fully saturated rings. The van der Waals surface area contributed by atoms with Gasteiger partial charge in [-0.1, -0.05) is 19.8 Å². The zero-order valence-corrected chi connectivity index (χ0v) is 20.3. The van der Waals surface area contributed by atoms with E-state index in [0.29, 0.717) is 35.5 Å². The third-order valence-electron chi connectivity index (χ3n) is 6.80. The topological polar surface area (TPSA) is 124 Å². The highest BCUT2D eigenvalue weighted by Gasteiger charge is 2.35. The number of phenols is 1. The Morgan fingerprint density at radius 3 is 2.72 bits per heavy atom. The van der Waals surface area contributed by atoms with Gasteiger partial charge in [-0.15, -0.1) is 0 Å². The summed E-state index contributed by atoms with van der Waals surface area (Å²) < 4.78 is 0. The number of amides is 2. The molecule has 10 heteroatoms. The lowest BCUT2D eigenvalue weighted by Gasteiger charge is -2.31. The molecule has 10 nitrogen and oxygen atoms in total. The quantitative estimate of drug-likeness (QED) is 0.365. The van der Waals surface area contributed by atoms with Crippen LogP contribution in [0.25, 0.3) is 0 Å². The summed E-state index contributed by atoms with van der Waals surface area (Å²) in [5.74, 6) is 0.553. The van der Waals surface area contributed by atoms with Gasteiger partial charge in [0, 0.05) is 37.7 Å². The number of rotatable bonds is 5. The summed E-state index contributed by atoms with van der Waals surface area (Å²) in [5, 5.41) is 16.2. The molecule has 36 heavy (non-hydrogen) atoms. The summed E-state index contributed by atoms with van der Waals surface area (Å²) in [7, 11) is 1.77. The molecule has 2 amide bonds. The zero-order chi connectivity index (χ0) is 25.2. The van der Waals surface area contributed by atoms with E-state index in [-0.39, 0.29) is 29.2 Å². The molecular formula is C26H29N7O3. The first-order chi connectivity index (χ1) is 17.4. The van der Waals surface area contributed by atoms with E-state index >= 15 is 0 Å². The van der Waals surface area contributed by atoms with Gasteiger partial charge >= 0.3 is 0 Å². The molecule has 0 saturated heterocycles. The third kappa shape index (κ3) is 4.66. The molecule has 186 valence electrons. The molecule has 2 aromatic heterocycles. The average molecular weight is 488 g/mol. The summed E-state index contributed by atoms with van der Waals surface area (Å²) in [6.07, 6.45) is 9.22. The molecule has 5 rings (SSSR count). The van der Waals surface area contributed by atoms with E-state index in [2.05, 4.69) is 25.5 Å². The molecule has 3 N–H and O–H groups in total. The van der Waals surface area contributed by atoms with Crippen LogP contribution in [0, 0.1) is 5.92 Å². The van der Waals surface area contributed by atoms with E-state index in [9.17, 15) is 14.7 Å². The van der Waals surface area contributed by atoms with Gasteiger partial charge in [-0.2, -0.15) is 4.98 Å². The molecule has 1 saturated carbocycles. The number of carbonyl (C=O) groups excluding carboxylic acids is 2. The van der Waals surface area contributed by atoms with Crippen LogP contribution in [-0.4, -0.2) is 51.5 Å². The number of aromatic hydroxyl groups is 1. The second kappa shape index (κ2) is 9.80. The molecule has 2 aliphatic rings. The van der Waals surface area contributed by atoms with Gasteiger partial charge in [0.15, 0.2) is 5.82 Å². The van der Waals surface area contributed by atoms with Crippen molar-refractivity contribution in [1.82, 2.24) is 15.0 Å². The number of phenolic OH excluding ortho intramolecular Hbond substituents is 1. The number of hydrogen-bond donors (Lipinski definition) is 3. The monoisotopic (exact) mass is 487 g/mol. The van der Waals surface area contributed by atoms with Crippen LogP contribution in [0.2, 0.25) is 0 Å². The first kappa shape index (κ1) is 23.5. The fourth-order valence-electron chi connectivity index (χ4n) is 4.86. The Bertz CT molecular complexity index is 1280. The average Bonchev–Trinajstić information content (AvgIpc) is 3.41. The van der Waals surface area contributed by atoms with Gasteiger partial charge < -0.3 is 25.5 Å². The van der Waals surface area contributed by atoms with Gasteiger partial charge in [0.25, 0.3) is 5.91 Å². The highest BCUT2D eigenvalue weighted by atomic mass is 16.3. The van der Waals surface area contributed by atoms with Gasteiger partial charge in [-0.05, 0) is 43.2 Å². The van der Waals surface area contributed by atoms with Crippen LogP contribution in [0.5, 0.6) is 5.75 Å². The predicted octanol–water partition coefficient (Wildman–Crippen LogP) is 3.93. The number of anilines is 5. The maximum Gasteiger partial charge on any atom is 0.257 e. The van der Waals surface area contributed by atoms with Gasteiger partial charge in [0.05, 0.1) is 23.4 Å². The number of pyridine rings is 1. The van der Waals surface area contributed by atoms with Crippen molar-refractivity contribution in [2.45, 2.75) is 38.6 Å². The van der Waals surface area contributed by atoms with Crippen molar-refractivity contribution in [2.24, 2.45) is 5.92 Å². The second-order valence-corrected chi connectivity index (χ2v) is 9.34. The van der Waals surface area contributed by atoms with Gasteiger partial charge in [-0.25, -0.2) is 4.98 Å². The van der Waals surface area contributed by atoms with Crippen molar-refractivity contribution in [1.29, 1.82) is 0 Å². The number of hydrogen-bond acceptors (Lipinski definition) is 8. The second-order valence-electron chi connectivity index (χ2n) is 9.34. The van der Waals surface area contributed by atoms with E-state index < -0.39 is 0 Å². The number of nitrogens with one attached hydrogen (secondary N) is 2. The number of carbonyl (C=O) groups is 2. The van der Waals surface area contributed by atoms with Crippen LogP contribution < -0.4 is 20.4 Å². The lowest BCUT2D eigenvalue weighted by molar-refractivity contribution is -0.121. The molecular weight excluding hydrogens is 458 g/mol. The van der Waals surface area contributed by atoms with E-state index in [0.717, 1.165) is 18.7 Å². The van der Waals surface area contributed by atoms with E-state index in [1.54, 1.807) is 48.6 Å². The van der Waals surface area contributed by atoms with E-state index in [1.807, 2.05) is 6.92 Å². The van der Waals surface area contributed by atoms with Gasteiger partial charge in [-0.3, -0.25) is 14.6 Å². The summed E-state index contributed by atoms with van der Waals surface area (Å²) in [5.41, 5.74) is 1.91. The fraction of sp³-hybridized carbons (Fsp3) is 0.346. The standard InChI is InChI=1S/C26H29N7O3/c1-16-15-33(19-7-3-4-8-19)23-21(32(2)25(16)36)14-28-26(31-23)29-18-9-10-22(34)20(12-18)30-24(35)17-6-5-11-27-13-17/h5-6,9-14,16,19,34H,3-4,7-8,15H2,1-2H3,(H,30,35)(H,28,29,31). The minimum Gasteiger partial charge on any atom is -0.506 e. The molecule has 0 radical (unpaired) electrons. The maximum absolute atomic E-state index is 12.9. The lowest BCUT2D eigenvalue weighted by Crippen LogP contribution is -2.38. The van der Waals surface area contributed by atoms with Gasteiger partial charge in [0.2, 0.25) is 11.9 Å². The normalized spacial score (nSPS) is 18.1. The molecule has 0 bridgehead atoms. The Kier molecular flexibility index (Phi) is 6.41. The first-order valence-corrected chi connectivity index (χ1v) is 12.1. The summed E-state index contributed by atoms with van der Waals surface area (Å²) in [4.78, 5) is 42.5. The zero-order valence-electron chi connectivity index (χ0n) is 20.3. The van der Waals surface area contributed by atoms with Crippen molar-refractivity contribution in [3.8, 4) is 5.75 Å². The van der Waals surface area contributed by atoms with Crippen LogP contribution in [-0.2, 0) is 4.79 Å². The largest absolute Gasteiger partial charge is 0.506 e. The minimum atomic E-state index is -0.383. The number of fused-ring (bicyclic) bond motifs is 1. The minimum absolute atomic E-state index is 0.0496. The van der Waals surface area contributed by atoms with Crippen LogP contribution in [0.4, 0.5) is 28.8 Å². The lowest BCUT2D eigenvalue weighted by atomic mass is 10.1. The maximum atomic E-state index is 12.9. The van der Waals surface area contributed by atoms with Crippen LogP contribution >= 0.6 is 0 Å². The molecule has 1 aromatic carbocycles. The molecule has 1 aliphatic heterocycles. The molecule has 1 unspecified atom stereocenters. The number of benzene rings is 1. The highest BCUT2D eigenvalue weighted by Crippen LogP contribution is 2.37. The summed E-state index contributed by atoms with van der Waals surface area (Å²) in [6, 6.07) is 8.44. The summed E-state index contributed by atoms with van der Waals surface area (Å²) >= 11 is 0.